The van der Waals surface area contributed by atoms with Crippen molar-refractivity contribution in [3.05, 3.63) is 30.3 Å². The number of hydrogen-bond acceptors (Lipinski definition) is 2. The van der Waals surface area contributed by atoms with E-state index in [0.29, 0.717) is 0 Å². The Balaban J connectivity index is 2.73. The second-order valence-electron chi connectivity index (χ2n) is 3.43. The summed E-state index contributed by atoms with van der Waals surface area (Å²) in [6.45, 7) is 3.82. The number of nitrogens with zero attached hydrogens (tertiary/aromatic N) is 1. The molecule has 2 nitrogen and oxygen atoms in total. The van der Waals surface area contributed by atoms with Gasteiger partial charge in [-0.1, -0.05) is 18.2 Å². The number of anilines is 1. The molecule has 0 spiro atoms. The molecule has 72 valence electrons. The van der Waals surface area contributed by atoms with Crippen LogP contribution in [0.4, 0.5) is 5.69 Å². The van der Waals surface area contributed by atoms with E-state index in [0.717, 1.165) is 5.69 Å². The molecule has 0 aliphatic rings. The van der Waals surface area contributed by atoms with E-state index < -0.39 is 0 Å². The van der Waals surface area contributed by atoms with E-state index in [4.69, 9.17) is 0 Å². The molecule has 1 aromatic rings. The SMILES string of the molecule is C[C@H]([C@@H](C)O)N(C)c1ccccc1. The summed E-state index contributed by atoms with van der Waals surface area (Å²) in [5.74, 6) is 0. The van der Waals surface area contributed by atoms with Crippen LogP contribution in [0.15, 0.2) is 30.3 Å². The molecule has 1 rings (SSSR count). The Morgan fingerprint density at radius 1 is 1.15 bits per heavy atom. The Labute approximate surface area is 79.8 Å². The van der Waals surface area contributed by atoms with Crippen LogP contribution in [0.3, 0.4) is 0 Å². The number of rotatable bonds is 3. The average molecular weight is 179 g/mol. The summed E-state index contributed by atoms with van der Waals surface area (Å²) < 4.78 is 0. The molecule has 0 aliphatic carbocycles. The zero-order chi connectivity index (χ0) is 9.84. The minimum Gasteiger partial charge on any atom is -0.391 e. The van der Waals surface area contributed by atoms with Crippen LogP contribution in [0.25, 0.3) is 0 Å². The minimum absolute atomic E-state index is 0.141. The fourth-order valence-electron chi connectivity index (χ4n) is 1.22. The number of aliphatic hydroxyl groups excluding tert-OH is 1. The predicted octanol–water partition coefficient (Wildman–Crippen LogP) is 1.89. The zero-order valence-corrected chi connectivity index (χ0v) is 8.44. The van der Waals surface area contributed by atoms with E-state index in [1.807, 2.05) is 51.2 Å². The van der Waals surface area contributed by atoms with Crippen molar-refractivity contribution >= 4 is 5.69 Å². The fourth-order valence-corrected chi connectivity index (χ4v) is 1.22. The third-order valence-electron chi connectivity index (χ3n) is 2.47. The monoisotopic (exact) mass is 179 g/mol. The lowest BCUT2D eigenvalue weighted by Crippen LogP contribution is -2.37. The molecule has 2 atom stereocenters. The maximum atomic E-state index is 9.41. The number of benzene rings is 1. The van der Waals surface area contributed by atoms with Crippen LogP contribution in [0, 0.1) is 0 Å². The van der Waals surface area contributed by atoms with E-state index in [-0.39, 0.29) is 12.1 Å². The maximum Gasteiger partial charge on any atom is 0.0712 e. The summed E-state index contributed by atoms with van der Waals surface area (Å²) >= 11 is 0. The van der Waals surface area contributed by atoms with Crippen LogP contribution in [-0.2, 0) is 0 Å². The summed E-state index contributed by atoms with van der Waals surface area (Å²) in [7, 11) is 1.99. The molecule has 0 saturated carbocycles. The predicted molar refractivity (Wildman–Crippen MR) is 56.0 cm³/mol. The van der Waals surface area contributed by atoms with Crippen molar-refractivity contribution in [2.24, 2.45) is 0 Å². The Morgan fingerprint density at radius 3 is 2.15 bits per heavy atom. The van der Waals surface area contributed by atoms with E-state index >= 15 is 0 Å². The largest absolute Gasteiger partial charge is 0.391 e. The summed E-state index contributed by atoms with van der Waals surface area (Å²) in [6, 6.07) is 10.2. The third-order valence-corrected chi connectivity index (χ3v) is 2.47. The first kappa shape index (κ1) is 10.1. The van der Waals surface area contributed by atoms with Gasteiger partial charge in [-0.25, -0.2) is 0 Å². The highest BCUT2D eigenvalue weighted by atomic mass is 16.3. The maximum absolute atomic E-state index is 9.41. The zero-order valence-electron chi connectivity index (χ0n) is 8.44. The lowest BCUT2D eigenvalue weighted by molar-refractivity contribution is 0.168. The Hall–Kier alpha value is -1.02. The topological polar surface area (TPSA) is 23.5 Å². The van der Waals surface area contributed by atoms with Gasteiger partial charge >= 0.3 is 0 Å². The highest BCUT2D eigenvalue weighted by Crippen LogP contribution is 2.15. The molecule has 0 fully saturated rings. The van der Waals surface area contributed by atoms with Crippen LogP contribution >= 0.6 is 0 Å². The van der Waals surface area contributed by atoms with Gasteiger partial charge in [0.05, 0.1) is 12.1 Å². The molecule has 2 heteroatoms. The van der Waals surface area contributed by atoms with Crippen molar-refractivity contribution in [1.29, 1.82) is 0 Å². The van der Waals surface area contributed by atoms with Crippen LogP contribution in [-0.4, -0.2) is 24.3 Å². The number of hydrogen-bond donors (Lipinski definition) is 1. The smallest absolute Gasteiger partial charge is 0.0712 e. The summed E-state index contributed by atoms with van der Waals surface area (Å²) in [5.41, 5.74) is 1.14. The van der Waals surface area contributed by atoms with Crippen LogP contribution < -0.4 is 4.90 Å². The molecule has 13 heavy (non-hydrogen) atoms. The van der Waals surface area contributed by atoms with E-state index in [9.17, 15) is 5.11 Å². The van der Waals surface area contributed by atoms with Gasteiger partial charge in [0.15, 0.2) is 0 Å². The van der Waals surface area contributed by atoms with E-state index in [2.05, 4.69) is 4.90 Å². The minimum atomic E-state index is -0.315. The molecular formula is C11H17NO. The first-order chi connectivity index (χ1) is 6.13. The molecule has 0 saturated heterocycles. The van der Waals surface area contributed by atoms with Gasteiger partial charge < -0.3 is 10.0 Å². The highest BCUT2D eigenvalue weighted by Gasteiger charge is 2.14. The molecule has 0 aliphatic heterocycles. The fraction of sp³-hybridized carbons (Fsp3) is 0.455. The Bertz CT molecular complexity index is 246. The Morgan fingerprint density at radius 2 is 1.69 bits per heavy atom. The van der Waals surface area contributed by atoms with Crippen molar-refractivity contribution in [3.63, 3.8) is 0 Å². The summed E-state index contributed by atoms with van der Waals surface area (Å²) in [5, 5.41) is 9.41. The standard InChI is InChI=1S/C11H17NO/c1-9(10(2)13)12(3)11-7-5-4-6-8-11/h4-10,13H,1-3H3/t9-,10-/m1/s1. The van der Waals surface area contributed by atoms with Crippen molar-refractivity contribution in [1.82, 2.24) is 0 Å². The van der Waals surface area contributed by atoms with Crippen molar-refractivity contribution in [2.45, 2.75) is 26.0 Å². The van der Waals surface area contributed by atoms with E-state index in [1.165, 1.54) is 0 Å². The van der Waals surface area contributed by atoms with Crippen molar-refractivity contribution < 1.29 is 5.11 Å². The second-order valence-corrected chi connectivity index (χ2v) is 3.43. The molecule has 0 bridgehead atoms. The lowest BCUT2D eigenvalue weighted by atomic mass is 10.1. The van der Waals surface area contributed by atoms with Crippen LogP contribution in [0.1, 0.15) is 13.8 Å². The van der Waals surface area contributed by atoms with Gasteiger partial charge in [-0.3, -0.25) is 0 Å². The molecular weight excluding hydrogens is 162 g/mol. The summed E-state index contributed by atoms with van der Waals surface area (Å²) in [6.07, 6.45) is -0.315. The number of aliphatic hydroxyl groups is 1. The van der Waals surface area contributed by atoms with Crippen LogP contribution in [0.2, 0.25) is 0 Å². The molecule has 0 aromatic heterocycles. The van der Waals surface area contributed by atoms with Gasteiger partial charge in [0.25, 0.3) is 0 Å². The van der Waals surface area contributed by atoms with Crippen molar-refractivity contribution in [2.75, 3.05) is 11.9 Å². The van der Waals surface area contributed by atoms with Gasteiger partial charge in [-0.15, -0.1) is 0 Å². The first-order valence-corrected chi connectivity index (χ1v) is 4.59. The summed E-state index contributed by atoms with van der Waals surface area (Å²) in [4.78, 5) is 2.07. The highest BCUT2D eigenvalue weighted by molar-refractivity contribution is 5.46. The molecule has 0 radical (unpaired) electrons. The third kappa shape index (κ3) is 2.46. The molecule has 0 amide bonds. The second kappa shape index (κ2) is 4.28. The molecule has 1 N–H and O–H groups in total. The van der Waals surface area contributed by atoms with Crippen LogP contribution in [0.5, 0.6) is 0 Å². The Kier molecular flexibility index (Phi) is 3.32. The normalized spacial score (nSPS) is 15.1. The molecule has 1 aromatic carbocycles. The quantitative estimate of drug-likeness (QED) is 0.766. The average Bonchev–Trinajstić information content (AvgIpc) is 2.17. The van der Waals surface area contributed by atoms with Crippen molar-refractivity contribution in [3.8, 4) is 0 Å². The van der Waals surface area contributed by atoms with Gasteiger partial charge in [0, 0.05) is 12.7 Å². The number of likely N-dealkylation sites (N-methyl/N-ethyl adjacent to an activating group) is 1. The molecule has 0 unspecified atom stereocenters. The van der Waals surface area contributed by atoms with Gasteiger partial charge in [0.2, 0.25) is 0 Å². The molecule has 0 heterocycles. The van der Waals surface area contributed by atoms with Gasteiger partial charge in [-0.2, -0.15) is 0 Å². The first-order valence-electron chi connectivity index (χ1n) is 4.59. The van der Waals surface area contributed by atoms with Gasteiger partial charge in [-0.05, 0) is 26.0 Å². The van der Waals surface area contributed by atoms with E-state index in [1.54, 1.807) is 0 Å². The number of para-hydroxylation sites is 1. The van der Waals surface area contributed by atoms with Gasteiger partial charge in [0.1, 0.15) is 0 Å². The lowest BCUT2D eigenvalue weighted by Gasteiger charge is -2.28.